The lowest BCUT2D eigenvalue weighted by Crippen LogP contribution is -2.25. The van der Waals surface area contributed by atoms with Crippen LogP contribution in [0.5, 0.6) is 0 Å². The van der Waals surface area contributed by atoms with E-state index in [1.165, 1.54) is 32.1 Å². The lowest BCUT2D eigenvalue weighted by atomic mass is 9.70. The molecule has 5 unspecified atom stereocenters. The Morgan fingerprint density at radius 1 is 0.800 bits per heavy atom. The van der Waals surface area contributed by atoms with E-state index in [-0.39, 0.29) is 0 Å². The van der Waals surface area contributed by atoms with Crippen LogP contribution in [0.3, 0.4) is 0 Å². The standard InChI is InChI=1S/C20H26/c1-14-16-10-5-6-11-19(16)20-17(14)12-7-13-18(20)15-8-3-2-4-9-15/h5-7,10-17,19-20H,2-4,8-9H2,1H3. The molecule has 106 valence electrons. The minimum atomic E-state index is 0.762. The van der Waals surface area contributed by atoms with Gasteiger partial charge in [0.15, 0.2) is 0 Å². The lowest BCUT2D eigenvalue weighted by Gasteiger charge is -2.35. The van der Waals surface area contributed by atoms with Gasteiger partial charge in [0.1, 0.15) is 0 Å². The molecular weight excluding hydrogens is 240 g/mol. The van der Waals surface area contributed by atoms with Crippen LogP contribution < -0.4 is 0 Å². The van der Waals surface area contributed by atoms with E-state index >= 15 is 0 Å². The van der Waals surface area contributed by atoms with Crippen molar-refractivity contribution in [2.24, 2.45) is 35.5 Å². The van der Waals surface area contributed by atoms with E-state index in [9.17, 15) is 0 Å². The van der Waals surface area contributed by atoms with Crippen LogP contribution in [0.25, 0.3) is 0 Å². The fraction of sp³-hybridized carbons (Fsp3) is 0.600. The second-order valence-electron chi connectivity index (χ2n) is 7.27. The first-order chi connectivity index (χ1) is 9.86. The van der Waals surface area contributed by atoms with Crippen molar-refractivity contribution in [2.75, 3.05) is 0 Å². The van der Waals surface area contributed by atoms with Gasteiger partial charge in [0.05, 0.1) is 0 Å². The molecule has 5 atom stereocenters. The third kappa shape index (κ3) is 1.88. The van der Waals surface area contributed by atoms with Crippen molar-refractivity contribution in [3.63, 3.8) is 0 Å². The van der Waals surface area contributed by atoms with Gasteiger partial charge in [0, 0.05) is 0 Å². The summed E-state index contributed by atoms with van der Waals surface area (Å²) < 4.78 is 0. The van der Waals surface area contributed by atoms with E-state index in [0.29, 0.717) is 0 Å². The SMILES string of the molecule is CC1C2C=CC=CC2C2C(C3CCCCC3)=CC=CC12. The fourth-order valence-corrected chi connectivity index (χ4v) is 5.36. The molecule has 0 radical (unpaired) electrons. The molecule has 0 nitrogen and oxygen atoms in total. The summed E-state index contributed by atoms with van der Waals surface area (Å²) in [6.45, 7) is 2.47. The minimum absolute atomic E-state index is 0.762. The minimum Gasteiger partial charge on any atom is -0.0805 e. The first-order valence-corrected chi connectivity index (χ1v) is 8.59. The average Bonchev–Trinajstić information content (AvgIpc) is 2.82. The van der Waals surface area contributed by atoms with Gasteiger partial charge in [0.25, 0.3) is 0 Å². The van der Waals surface area contributed by atoms with Gasteiger partial charge in [-0.2, -0.15) is 0 Å². The van der Waals surface area contributed by atoms with Crippen LogP contribution in [-0.4, -0.2) is 0 Å². The van der Waals surface area contributed by atoms with Crippen LogP contribution >= 0.6 is 0 Å². The molecule has 0 aliphatic heterocycles. The number of fused-ring (bicyclic) bond motifs is 3. The Hall–Kier alpha value is -1.04. The Morgan fingerprint density at radius 2 is 1.50 bits per heavy atom. The van der Waals surface area contributed by atoms with Gasteiger partial charge >= 0.3 is 0 Å². The zero-order valence-corrected chi connectivity index (χ0v) is 12.5. The maximum absolute atomic E-state index is 2.50. The summed E-state index contributed by atoms with van der Waals surface area (Å²) in [6, 6.07) is 0. The number of allylic oxidation sites excluding steroid dienone is 8. The third-order valence-corrected chi connectivity index (χ3v) is 6.35. The second-order valence-corrected chi connectivity index (χ2v) is 7.27. The predicted molar refractivity (Wildman–Crippen MR) is 85.2 cm³/mol. The molecule has 0 spiro atoms. The smallest absolute Gasteiger partial charge is 0.00627 e. The summed E-state index contributed by atoms with van der Waals surface area (Å²) in [5.41, 5.74) is 1.80. The van der Waals surface area contributed by atoms with Crippen LogP contribution in [0, 0.1) is 35.5 Å². The molecule has 0 amide bonds. The quantitative estimate of drug-likeness (QED) is 0.604. The fourth-order valence-electron chi connectivity index (χ4n) is 5.36. The zero-order chi connectivity index (χ0) is 13.5. The van der Waals surface area contributed by atoms with E-state index in [0.717, 1.165) is 35.5 Å². The van der Waals surface area contributed by atoms with E-state index in [1.807, 2.05) is 0 Å². The molecule has 20 heavy (non-hydrogen) atoms. The maximum Gasteiger partial charge on any atom is -0.00627 e. The number of rotatable bonds is 1. The highest BCUT2D eigenvalue weighted by atomic mass is 14.5. The topological polar surface area (TPSA) is 0 Å². The third-order valence-electron chi connectivity index (χ3n) is 6.35. The summed E-state index contributed by atoms with van der Waals surface area (Å²) in [6.07, 6.45) is 24.1. The van der Waals surface area contributed by atoms with Crippen LogP contribution in [0.4, 0.5) is 0 Å². The van der Waals surface area contributed by atoms with Gasteiger partial charge in [-0.15, -0.1) is 0 Å². The highest BCUT2D eigenvalue weighted by molar-refractivity contribution is 5.34. The zero-order valence-electron chi connectivity index (χ0n) is 12.5. The van der Waals surface area contributed by atoms with E-state index < -0.39 is 0 Å². The van der Waals surface area contributed by atoms with Gasteiger partial charge in [0.2, 0.25) is 0 Å². The number of hydrogen-bond acceptors (Lipinski definition) is 0. The highest BCUT2D eigenvalue weighted by Gasteiger charge is 2.48. The molecule has 0 aromatic rings. The van der Waals surface area contributed by atoms with Gasteiger partial charge in [-0.1, -0.05) is 74.3 Å². The maximum atomic E-state index is 2.50. The number of hydrogen-bond donors (Lipinski definition) is 0. The first-order valence-electron chi connectivity index (χ1n) is 8.59. The summed E-state index contributed by atoms with van der Waals surface area (Å²) in [5, 5.41) is 0. The molecule has 0 aromatic carbocycles. The highest BCUT2D eigenvalue weighted by Crippen LogP contribution is 2.55. The Kier molecular flexibility index (Phi) is 3.21. The van der Waals surface area contributed by atoms with Gasteiger partial charge in [-0.3, -0.25) is 0 Å². The lowest BCUT2D eigenvalue weighted by molar-refractivity contribution is 0.326. The van der Waals surface area contributed by atoms with Gasteiger partial charge in [-0.25, -0.2) is 0 Å². The normalized spacial score (nSPS) is 43.2. The molecule has 0 saturated heterocycles. The average molecular weight is 266 g/mol. The van der Waals surface area contributed by atoms with Crippen LogP contribution in [0.1, 0.15) is 39.0 Å². The van der Waals surface area contributed by atoms with E-state index in [2.05, 4.69) is 49.5 Å². The second kappa shape index (κ2) is 5.06. The largest absolute Gasteiger partial charge is 0.0805 e. The molecular formula is C20H26. The molecule has 4 rings (SSSR count). The van der Waals surface area contributed by atoms with Crippen LogP contribution in [0.2, 0.25) is 0 Å². The van der Waals surface area contributed by atoms with Crippen molar-refractivity contribution in [3.05, 3.63) is 48.1 Å². The van der Waals surface area contributed by atoms with Crippen molar-refractivity contribution in [3.8, 4) is 0 Å². The van der Waals surface area contributed by atoms with Crippen LogP contribution in [0.15, 0.2) is 48.1 Å². The summed E-state index contributed by atoms with van der Waals surface area (Å²) in [4.78, 5) is 0. The Bertz CT molecular complexity index is 484. The summed E-state index contributed by atoms with van der Waals surface area (Å²) >= 11 is 0. The van der Waals surface area contributed by atoms with Crippen molar-refractivity contribution in [1.82, 2.24) is 0 Å². The molecule has 0 heteroatoms. The first kappa shape index (κ1) is 12.7. The molecule has 0 bridgehead atoms. The molecule has 0 heterocycles. The van der Waals surface area contributed by atoms with E-state index in [4.69, 9.17) is 0 Å². The molecule has 0 aromatic heterocycles. The predicted octanol–water partition coefficient (Wildman–Crippen LogP) is 5.30. The summed E-state index contributed by atoms with van der Waals surface area (Å²) in [7, 11) is 0. The Balaban J connectivity index is 1.67. The van der Waals surface area contributed by atoms with Crippen molar-refractivity contribution in [1.29, 1.82) is 0 Å². The monoisotopic (exact) mass is 266 g/mol. The molecule has 2 fully saturated rings. The van der Waals surface area contributed by atoms with Crippen molar-refractivity contribution >= 4 is 0 Å². The van der Waals surface area contributed by atoms with Gasteiger partial charge in [-0.05, 0) is 48.3 Å². The Morgan fingerprint density at radius 3 is 2.30 bits per heavy atom. The summed E-state index contributed by atoms with van der Waals surface area (Å²) in [5.74, 6) is 4.78. The molecule has 4 aliphatic rings. The van der Waals surface area contributed by atoms with Crippen LogP contribution in [-0.2, 0) is 0 Å². The molecule has 4 aliphatic carbocycles. The Labute approximate surface area is 123 Å². The van der Waals surface area contributed by atoms with Crippen molar-refractivity contribution < 1.29 is 0 Å². The van der Waals surface area contributed by atoms with Gasteiger partial charge < -0.3 is 0 Å². The molecule has 2 saturated carbocycles. The van der Waals surface area contributed by atoms with Crippen molar-refractivity contribution in [2.45, 2.75) is 39.0 Å². The molecule has 0 N–H and O–H groups in total. The van der Waals surface area contributed by atoms with E-state index in [1.54, 1.807) is 5.57 Å².